The van der Waals surface area contributed by atoms with Crippen molar-refractivity contribution >= 4 is 17.9 Å². The third-order valence-electron chi connectivity index (χ3n) is 1.03. The van der Waals surface area contributed by atoms with Crippen molar-refractivity contribution in [2.24, 2.45) is 0 Å². The zero-order valence-electron chi connectivity index (χ0n) is 7.43. The Kier molecular flexibility index (Phi) is 5.23. The second kappa shape index (κ2) is 5.92. The Balaban J connectivity index is 3.64. The fourth-order valence-electron chi connectivity index (χ4n) is 0.435. The molecule has 1 atom stereocenters. The highest BCUT2D eigenvalue weighted by Gasteiger charge is 2.13. The third-order valence-corrected chi connectivity index (χ3v) is 1.03. The summed E-state index contributed by atoms with van der Waals surface area (Å²) < 4.78 is 8.38. The van der Waals surface area contributed by atoms with Gasteiger partial charge in [-0.25, -0.2) is 14.4 Å². The molecule has 0 bridgehead atoms. The Morgan fingerprint density at radius 2 is 1.79 bits per heavy atom. The van der Waals surface area contributed by atoms with Crippen LogP contribution in [0.1, 0.15) is 6.92 Å². The molecule has 0 heterocycles. The van der Waals surface area contributed by atoms with Crippen LogP contribution in [-0.4, -0.2) is 47.4 Å². The van der Waals surface area contributed by atoms with E-state index in [0.717, 1.165) is 0 Å². The molecule has 0 spiro atoms. The first-order chi connectivity index (χ1) is 6.43. The van der Waals surface area contributed by atoms with Crippen LogP contribution in [0, 0.1) is 0 Å². The Morgan fingerprint density at radius 3 is 2.21 bits per heavy atom. The van der Waals surface area contributed by atoms with E-state index in [9.17, 15) is 14.4 Å². The van der Waals surface area contributed by atoms with Gasteiger partial charge in [0.2, 0.25) is 0 Å². The van der Waals surface area contributed by atoms with Crippen molar-refractivity contribution in [1.82, 2.24) is 0 Å². The molecule has 0 aliphatic carbocycles. The molecule has 80 valence electrons. The lowest BCUT2D eigenvalue weighted by atomic mass is 10.4. The summed E-state index contributed by atoms with van der Waals surface area (Å²) in [5.41, 5.74) is 0. The molecule has 0 aliphatic rings. The summed E-state index contributed by atoms with van der Waals surface area (Å²) in [4.78, 5) is 31.1. The van der Waals surface area contributed by atoms with E-state index in [4.69, 9.17) is 10.2 Å². The van der Waals surface area contributed by atoms with E-state index in [1.165, 1.54) is 6.92 Å². The molecule has 7 nitrogen and oxygen atoms in total. The van der Waals surface area contributed by atoms with Crippen LogP contribution < -0.4 is 0 Å². The minimum atomic E-state index is -1.33. The van der Waals surface area contributed by atoms with Crippen molar-refractivity contribution in [1.29, 1.82) is 0 Å². The van der Waals surface area contributed by atoms with Gasteiger partial charge in [-0.15, -0.1) is 0 Å². The SMILES string of the molecule is CC(O)C(=O)OCC(=O)OCC(=O)O. The minimum Gasteiger partial charge on any atom is -0.479 e. The largest absolute Gasteiger partial charge is 0.479 e. The zero-order chi connectivity index (χ0) is 11.1. The summed E-state index contributed by atoms with van der Waals surface area (Å²) >= 11 is 0. The van der Waals surface area contributed by atoms with E-state index in [-0.39, 0.29) is 0 Å². The number of carboxylic acids is 1. The highest BCUT2D eigenvalue weighted by molar-refractivity contribution is 5.80. The van der Waals surface area contributed by atoms with Crippen molar-refractivity contribution in [2.75, 3.05) is 13.2 Å². The van der Waals surface area contributed by atoms with Crippen LogP contribution in [0.3, 0.4) is 0 Å². The Labute approximate surface area is 79.2 Å². The van der Waals surface area contributed by atoms with Crippen LogP contribution in [0.5, 0.6) is 0 Å². The molecule has 0 rings (SSSR count). The number of carbonyl (C=O) groups excluding carboxylic acids is 2. The average molecular weight is 206 g/mol. The predicted molar refractivity (Wildman–Crippen MR) is 41.2 cm³/mol. The van der Waals surface area contributed by atoms with E-state index in [1.807, 2.05) is 0 Å². The van der Waals surface area contributed by atoms with Gasteiger partial charge in [0.15, 0.2) is 13.2 Å². The number of aliphatic hydroxyl groups excluding tert-OH is 1. The number of hydrogen-bond donors (Lipinski definition) is 2. The van der Waals surface area contributed by atoms with Gasteiger partial charge in [0.05, 0.1) is 0 Å². The molecular weight excluding hydrogens is 196 g/mol. The third kappa shape index (κ3) is 5.95. The molecule has 0 fully saturated rings. The number of esters is 2. The zero-order valence-corrected chi connectivity index (χ0v) is 7.43. The van der Waals surface area contributed by atoms with E-state index < -0.39 is 37.2 Å². The summed E-state index contributed by atoms with van der Waals surface area (Å²) in [7, 11) is 0. The van der Waals surface area contributed by atoms with Crippen LogP contribution in [0.15, 0.2) is 0 Å². The van der Waals surface area contributed by atoms with Crippen molar-refractivity contribution in [2.45, 2.75) is 13.0 Å². The molecule has 0 radical (unpaired) electrons. The van der Waals surface area contributed by atoms with Crippen LogP contribution in [0.2, 0.25) is 0 Å². The number of aliphatic carboxylic acids is 1. The van der Waals surface area contributed by atoms with Gasteiger partial charge in [-0.05, 0) is 6.92 Å². The van der Waals surface area contributed by atoms with E-state index in [0.29, 0.717) is 0 Å². The number of carbonyl (C=O) groups is 3. The molecule has 2 N–H and O–H groups in total. The lowest BCUT2D eigenvalue weighted by molar-refractivity contribution is -0.166. The van der Waals surface area contributed by atoms with Crippen LogP contribution in [0.4, 0.5) is 0 Å². The van der Waals surface area contributed by atoms with Crippen molar-refractivity contribution in [3.8, 4) is 0 Å². The summed E-state index contributed by atoms with van der Waals surface area (Å²) in [5, 5.41) is 16.7. The minimum absolute atomic E-state index is 0.711. The molecule has 7 heteroatoms. The Bertz CT molecular complexity index is 232. The standard InChI is InChI=1S/C7H10O7/c1-4(8)7(12)14-3-6(11)13-2-5(9)10/h4,8H,2-3H2,1H3,(H,9,10). The summed E-state index contributed by atoms with van der Waals surface area (Å²) in [6, 6.07) is 0. The van der Waals surface area contributed by atoms with Gasteiger partial charge in [0, 0.05) is 0 Å². The first-order valence-electron chi connectivity index (χ1n) is 3.65. The maximum Gasteiger partial charge on any atom is 0.344 e. The maximum atomic E-state index is 10.6. The van der Waals surface area contributed by atoms with Gasteiger partial charge >= 0.3 is 17.9 Å². The first-order valence-corrected chi connectivity index (χ1v) is 3.65. The molecule has 0 saturated carbocycles. The first kappa shape index (κ1) is 12.4. The summed E-state index contributed by atoms with van der Waals surface area (Å²) in [6.45, 7) is -0.326. The number of aliphatic hydroxyl groups is 1. The normalized spacial score (nSPS) is 11.6. The Hall–Kier alpha value is -1.63. The van der Waals surface area contributed by atoms with Gasteiger partial charge in [-0.2, -0.15) is 0 Å². The molecule has 0 aromatic rings. The van der Waals surface area contributed by atoms with Gasteiger partial charge in [0.25, 0.3) is 0 Å². The molecule has 0 aromatic carbocycles. The predicted octanol–water partition coefficient (Wildman–Crippen LogP) is -1.46. The van der Waals surface area contributed by atoms with E-state index in [2.05, 4.69) is 9.47 Å². The highest BCUT2D eigenvalue weighted by atomic mass is 16.6. The lowest BCUT2D eigenvalue weighted by Crippen LogP contribution is -2.24. The molecule has 14 heavy (non-hydrogen) atoms. The smallest absolute Gasteiger partial charge is 0.344 e. The summed E-state index contributed by atoms with van der Waals surface area (Å²) in [6.07, 6.45) is -1.33. The van der Waals surface area contributed by atoms with E-state index >= 15 is 0 Å². The number of ether oxygens (including phenoxy) is 2. The second-order valence-electron chi connectivity index (χ2n) is 2.34. The molecule has 1 unspecified atom stereocenters. The molecule has 0 aliphatic heterocycles. The quantitative estimate of drug-likeness (QED) is 0.529. The van der Waals surface area contributed by atoms with Crippen molar-refractivity contribution in [3.63, 3.8) is 0 Å². The van der Waals surface area contributed by atoms with Crippen LogP contribution in [0.25, 0.3) is 0 Å². The lowest BCUT2D eigenvalue weighted by Gasteiger charge is -2.05. The number of hydrogen-bond acceptors (Lipinski definition) is 6. The average Bonchev–Trinajstić information content (AvgIpc) is 2.10. The molecule has 0 saturated heterocycles. The monoisotopic (exact) mass is 206 g/mol. The van der Waals surface area contributed by atoms with Gasteiger partial charge in [-0.3, -0.25) is 0 Å². The fourth-order valence-corrected chi connectivity index (χ4v) is 0.435. The van der Waals surface area contributed by atoms with E-state index in [1.54, 1.807) is 0 Å². The number of rotatable bonds is 5. The van der Waals surface area contributed by atoms with Gasteiger partial charge in [-0.1, -0.05) is 0 Å². The van der Waals surface area contributed by atoms with Crippen molar-refractivity contribution in [3.05, 3.63) is 0 Å². The van der Waals surface area contributed by atoms with Crippen LogP contribution in [-0.2, 0) is 23.9 Å². The maximum absolute atomic E-state index is 10.6. The highest BCUT2D eigenvalue weighted by Crippen LogP contribution is 1.88. The number of carboxylic acid groups (broad SMARTS) is 1. The molecule has 0 aromatic heterocycles. The fraction of sp³-hybridized carbons (Fsp3) is 0.571. The van der Waals surface area contributed by atoms with Gasteiger partial charge < -0.3 is 19.7 Å². The second-order valence-corrected chi connectivity index (χ2v) is 2.34. The topological polar surface area (TPSA) is 110 Å². The Morgan fingerprint density at radius 1 is 1.21 bits per heavy atom. The molecular formula is C7H10O7. The van der Waals surface area contributed by atoms with Crippen molar-refractivity contribution < 1.29 is 34.1 Å². The summed E-state index contributed by atoms with van der Waals surface area (Å²) in [5.74, 6) is -3.26. The molecule has 0 amide bonds. The van der Waals surface area contributed by atoms with Crippen LogP contribution >= 0.6 is 0 Å². The van der Waals surface area contributed by atoms with Gasteiger partial charge in [0.1, 0.15) is 6.10 Å².